The van der Waals surface area contributed by atoms with Crippen LogP contribution in [0.2, 0.25) is 0 Å². The molecule has 20 heavy (non-hydrogen) atoms. The number of benzene rings is 1. The van der Waals surface area contributed by atoms with E-state index in [2.05, 4.69) is 11.8 Å². The fourth-order valence-electron chi connectivity index (χ4n) is 2.47. The molecule has 1 aromatic carbocycles. The van der Waals surface area contributed by atoms with Crippen molar-refractivity contribution in [3.05, 3.63) is 29.6 Å². The molecule has 1 atom stereocenters. The van der Waals surface area contributed by atoms with Crippen molar-refractivity contribution in [3.8, 4) is 0 Å². The van der Waals surface area contributed by atoms with Crippen LogP contribution < -0.4 is 10.6 Å². The van der Waals surface area contributed by atoms with Gasteiger partial charge in [-0.1, -0.05) is 12.2 Å². The van der Waals surface area contributed by atoms with Gasteiger partial charge in [-0.15, -0.1) is 0 Å². The van der Waals surface area contributed by atoms with E-state index in [0.717, 1.165) is 12.2 Å². The van der Waals surface area contributed by atoms with E-state index in [1.807, 2.05) is 6.07 Å². The van der Waals surface area contributed by atoms with Gasteiger partial charge >= 0.3 is 0 Å². The number of nitrogens with two attached hydrogens (primary N) is 1. The maximum atomic E-state index is 14.0. The number of ether oxygens (including phenoxy) is 1. The van der Waals surface area contributed by atoms with E-state index in [1.165, 1.54) is 18.9 Å². The molecule has 0 heterocycles. The lowest BCUT2D eigenvalue weighted by Crippen LogP contribution is -2.37. The van der Waals surface area contributed by atoms with Gasteiger partial charge in [-0.25, -0.2) is 4.39 Å². The maximum absolute atomic E-state index is 14.0. The van der Waals surface area contributed by atoms with E-state index in [1.54, 1.807) is 13.2 Å². The molecule has 0 aromatic heterocycles. The van der Waals surface area contributed by atoms with Crippen LogP contribution in [0.4, 0.5) is 10.1 Å². The number of rotatable bonds is 7. The Hall–Kier alpha value is -1.20. The summed E-state index contributed by atoms with van der Waals surface area (Å²) in [6.45, 7) is 3.56. The molecule has 0 bridgehead atoms. The fraction of sp³-hybridized carbons (Fsp3) is 0.533. The average Bonchev–Trinajstić information content (AvgIpc) is 3.22. The molecule has 0 radical (unpaired) electrons. The van der Waals surface area contributed by atoms with Gasteiger partial charge in [0.1, 0.15) is 10.8 Å². The van der Waals surface area contributed by atoms with Crippen molar-refractivity contribution >= 4 is 22.9 Å². The standard InChI is InChI=1S/C15H21FN2OS/c1-10(11-3-4-11)18(7-8-19-2)12-5-6-13(15(17)20)14(16)9-12/h5-6,9-11H,3-4,7-8H2,1-2H3,(H2,17,20). The van der Waals surface area contributed by atoms with Crippen molar-refractivity contribution in [1.82, 2.24) is 0 Å². The first-order valence-corrected chi connectivity index (χ1v) is 7.30. The molecule has 1 aromatic rings. The Balaban J connectivity index is 2.23. The monoisotopic (exact) mass is 296 g/mol. The minimum Gasteiger partial charge on any atom is -0.389 e. The van der Waals surface area contributed by atoms with Crippen LogP contribution in [0.5, 0.6) is 0 Å². The van der Waals surface area contributed by atoms with Crippen LogP contribution in [0, 0.1) is 11.7 Å². The van der Waals surface area contributed by atoms with Gasteiger partial charge < -0.3 is 15.4 Å². The van der Waals surface area contributed by atoms with Crippen LogP contribution in [0.15, 0.2) is 18.2 Å². The summed E-state index contributed by atoms with van der Waals surface area (Å²) in [5.41, 5.74) is 6.66. The molecule has 110 valence electrons. The molecule has 3 nitrogen and oxygen atoms in total. The van der Waals surface area contributed by atoms with Gasteiger partial charge in [-0.2, -0.15) is 0 Å². The number of halogens is 1. The molecule has 2 rings (SSSR count). The lowest BCUT2D eigenvalue weighted by atomic mass is 10.1. The number of anilines is 1. The highest BCUT2D eigenvalue weighted by Crippen LogP contribution is 2.37. The maximum Gasteiger partial charge on any atom is 0.135 e. The SMILES string of the molecule is COCCN(c1ccc(C(N)=S)c(F)c1)C(C)C1CC1. The van der Waals surface area contributed by atoms with Crippen LogP contribution in [0.25, 0.3) is 0 Å². The second kappa shape index (κ2) is 6.50. The summed E-state index contributed by atoms with van der Waals surface area (Å²) in [6.07, 6.45) is 2.50. The van der Waals surface area contributed by atoms with Gasteiger partial charge in [0, 0.05) is 30.9 Å². The van der Waals surface area contributed by atoms with Crippen molar-refractivity contribution < 1.29 is 9.13 Å². The van der Waals surface area contributed by atoms with Gasteiger partial charge in [0.15, 0.2) is 0 Å². The first-order valence-electron chi connectivity index (χ1n) is 6.89. The van der Waals surface area contributed by atoms with Crippen molar-refractivity contribution in [2.45, 2.75) is 25.8 Å². The zero-order chi connectivity index (χ0) is 14.7. The normalized spacial score (nSPS) is 15.9. The number of methoxy groups -OCH3 is 1. The number of hydrogen-bond acceptors (Lipinski definition) is 3. The van der Waals surface area contributed by atoms with Crippen molar-refractivity contribution in [2.24, 2.45) is 11.7 Å². The third kappa shape index (κ3) is 3.46. The minimum atomic E-state index is -0.361. The Morgan fingerprint density at radius 1 is 1.55 bits per heavy atom. The van der Waals surface area contributed by atoms with Gasteiger partial charge in [0.05, 0.1) is 6.61 Å². The molecule has 1 unspecified atom stereocenters. The van der Waals surface area contributed by atoms with E-state index in [-0.39, 0.29) is 10.8 Å². The van der Waals surface area contributed by atoms with E-state index in [0.29, 0.717) is 24.1 Å². The fourth-order valence-corrected chi connectivity index (χ4v) is 2.64. The Kier molecular flexibility index (Phi) is 4.94. The molecular weight excluding hydrogens is 275 g/mol. The molecular formula is C15H21FN2OS. The van der Waals surface area contributed by atoms with E-state index >= 15 is 0 Å². The zero-order valence-electron chi connectivity index (χ0n) is 11.9. The van der Waals surface area contributed by atoms with Crippen LogP contribution >= 0.6 is 12.2 Å². The molecule has 2 N–H and O–H groups in total. The molecule has 0 spiro atoms. The lowest BCUT2D eigenvalue weighted by molar-refractivity contribution is 0.202. The van der Waals surface area contributed by atoms with Crippen LogP contribution in [0.1, 0.15) is 25.3 Å². The molecule has 1 aliphatic rings. The minimum absolute atomic E-state index is 0.0905. The van der Waals surface area contributed by atoms with Crippen molar-refractivity contribution in [3.63, 3.8) is 0 Å². The van der Waals surface area contributed by atoms with Crippen molar-refractivity contribution in [1.29, 1.82) is 0 Å². The molecule has 0 saturated heterocycles. The molecule has 1 saturated carbocycles. The number of hydrogen-bond donors (Lipinski definition) is 1. The second-order valence-electron chi connectivity index (χ2n) is 5.29. The third-order valence-corrected chi connectivity index (χ3v) is 4.10. The van der Waals surface area contributed by atoms with Crippen LogP contribution in [-0.4, -0.2) is 31.3 Å². The summed E-state index contributed by atoms with van der Waals surface area (Å²) in [4.78, 5) is 2.29. The van der Waals surface area contributed by atoms with Gasteiger partial charge in [0.2, 0.25) is 0 Å². The van der Waals surface area contributed by atoms with Crippen LogP contribution in [-0.2, 0) is 4.74 Å². The van der Waals surface area contributed by atoms with E-state index in [9.17, 15) is 4.39 Å². The quantitative estimate of drug-likeness (QED) is 0.785. The van der Waals surface area contributed by atoms with Gasteiger partial charge in [0.25, 0.3) is 0 Å². The third-order valence-electron chi connectivity index (χ3n) is 3.88. The van der Waals surface area contributed by atoms with Crippen LogP contribution in [0.3, 0.4) is 0 Å². The zero-order valence-corrected chi connectivity index (χ0v) is 12.8. The Bertz CT molecular complexity index is 491. The topological polar surface area (TPSA) is 38.5 Å². The molecule has 1 aliphatic carbocycles. The second-order valence-corrected chi connectivity index (χ2v) is 5.73. The predicted octanol–water partition coefficient (Wildman–Crippen LogP) is 2.71. The Labute approximate surface area is 124 Å². The predicted molar refractivity (Wildman–Crippen MR) is 83.7 cm³/mol. The Morgan fingerprint density at radius 2 is 2.25 bits per heavy atom. The van der Waals surface area contributed by atoms with Gasteiger partial charge in [-0.3, -0.25) is 0 Å². The first kappa shape index (κ1) is 15.2. The summed E-state index contributed by atoms with van der Waals surface area (Å²) in [5.74, 6) is 0.339. The average molecular weight is 296 g/mol. The first-order chi connectivity index (χ1) is 9.54. The highest BCUT2D eigenvalue weighted by molar-refractivity contribution is 7.80. The molecule has 1 fully saturated rings. The Morgan fingerprint density at radius 3 is 2.75 bits per heavy atom. The summed E-state index contributed by atoms with van der Waals surface area (Å²) < 4.78 is 19.2. The molecule has 5 heteroatoms. The summed E-state index contributed by atoms with van der Waals surface area (Å²) in [6, 6.07) is 5.45. The number of nitrogens with zero attached hydrogens (tertiary/aromatic N) is 1. The van der Waals surface area contributed by atoms with E-state index in [4.69, 9.17) is 22.7 Å². The summed E-state index contributed by atoms with van der Waals surface area (Å²) in [7, 11) is 1.68. The largest absolute Gasteiger partial charge is 0.389 e. The highest BCUT2D eigenvalue weighted by atomic mass is 32.1. The number of thiocarbonyl (C=S) groups is 1. The molecule has 0 amide bonds. The smallest absolute Gasteiger partial charge is 0.135 e. The molecule has 0 aliphatic heterocycles. The summed E-state index contributed by atoms with van der Waals surface area (Å²) in [5, 5.41) is 0. The highest BCUT2D eigenvalue weighted by Gasteiger charge is 2.32. The summed E-state index contributed by atoms with van der Waals surface area (Å²) >= 11 is 4.84. The van der Waals surface area contributed by atoms with Gasteiger partial charge in [-0.05, 0) is 43.9 Å². The van der Waals surface area contributed by atoms with E-state index < -0.39 is 0 Å². The van der Waals surface area contributed by atoms with Crippen molar-refractivity contribution in [2.75, 3.05) is 25.2 Å². The lowest BCUT2D eigenvalue weighted by Gasteiger charge is -2.31.